The second-order valence-corrected chi connectivity index (χ2v) is 5.81. The van der Waals surface area contributed by atoms with Crippen LogP contribution in [0.2, 0.25) is 0 Å². The summed E-state index contributed by atoms with van der Waals surface area (Å²) in [6.07, 6.45) is 5.94. The van der Waals surface area contributed by atoms with E-state index >= 15 is 0 Å². The summed E-state index contributed by atoms with van der Waals surface area (Å²) < 4.78 is 6.32. The van der Waals surface area contributed by atoms with Crippen molar-refractivity contribution in [2.75, 3.05) is 0 Å². The van der Waals surface area contributed by atoms with Crippen molar-refractivity contribution < 1.29 is 4.74 Å². The molecule has 1 nitrogen and oxygen atoms in total. The lowest BCUT2D eigenvalue weighted by Gasteiger charge is -2.23. The number of hydrogen-bond donors (Lipinski definition) is 0. The van der Waals surface area contributed by atoms with E-state index in [-0.39, 0.29) is 0 Å². The molecule has 2 bridgehead atoms. The van der Waals surface area contributed by atoms with Gasteiger partial charge in [0.25, 0.3) is 0 Å². The van der Waals surface area contributed by atoms with Gasteiger partial charge in [-0.2, -0.15) is 0 Å². The summed E-state index contributed by atoms with van der Waals surface area (Å²) in [4.78, 5) is 0. The second kappa shape index (κ2) is 4.01. The second-order valence-electron chi connectivity index (χ2n) is 5.81. The molecule has 92 valence electrons. The molecule has 0 spiro atoms. The van der Waals surface area contributed by atoms with Crippen LogP contribution < -0.4 is 4.74 Å². The van der Waals surface area contributed by atoms with Crippen LogP contribution in [0, 0.1) is 11.8 Å². The Morgan fingerprint density at radius 1 is 0.889 bits per heavy atom. The van der Waals surface area contributed by atoms with Gasteiger partial charge in [0.05, 0.1) is 0 Å². The number of fused-ring (bicyclic) bond motifs is 3. The van der Waals surface area contributed by atoms with Gasteiger partial charge >= 0.3 is 0 Å². The van der Waals surface area contributed by atoms with E-state index in [1.54, 1.807) is 0 Å². The molecular weight excluding hydrogens is 220 g/mol. The third-order valence-electron chi connectivity index (χ3n) is 4.70. The van der Waals surface area contributed by atoms with Crippen molar-refractivity contribution in [3.8, 4) is 5.75 Å². The van der Waals surface area contributed by atoms with Crippen LogP contribution in [0.15, 0.2) is 42.5 Å². The summed E-state index contributed by atoms with van der Waals surface area (Å²) in [6, 6.07) is 14.9. The summed E-state index contributed by atoms with van der Waals surface area (Å²) in [5.74, 6) is 2.83. The van der Waals surface area contributed by atoms with Crippen molar-refractivity contribution in [1.82, 2.24) is 0 Å². The molecule has 3 atom stereocenters. The highest BCUT2D eigenvalue weighted by Gasteiger charge is 2.41. The molecule has 0 aromatic heterocycles. The van der Waals surface area contributed by atoms with E-state index in [0.717, 1.165) is 17.6 Å². The first-order chi connectivity index (χ1) is 8.90. The Hall–Kier alpha value is -1.50. The van der Waals surface area contributed by atoms with Gasteiger partial charge < -0.3 is 4.74 Å². The molecule has 2 saturated carbocycles. The molecule has 4 rings (SSSR count). The highest BCUT2D eigenvalue weighted by molar-refractivity contribution is 5.88. The Morgan fingerprint density at radius 3 is 2.61 bits per heavy atom. The number of rotatable bonds is 2. The molecule has 0 heterocycles. The van der Waals surface area contributed by atoms with Crippen LogP contribution in [0.1, 0.15) is 25.7 Å². The minimum atomic E-state index is 0.467. The van der Waals surface area contributed by atoms with E-state index in [4.69, 9.17) is 4.74 Å². The van der Waals surface area contributed by atoms with Crippen LogP contribution in [0.5, 0.6) is 5.75 Å². The van der Waals surface area contributed by atoms with Crippen LogP contribution >= 0.6 is 0 Å². The van der Waals surface area contributed by atoms with Gasteiger partial charge in [0.2, 0.25) is 0 Å². The quantitative estimate of drug-likeness (QED) is 0.753. The Morgan fingerprint density at radius 2 is 1.78 bits per heavy atom. The smallest absolute Gasteiger partial charge is 0.127 e. The van der Waals surface area contributed by atoms with E-state index in [2.05, 4.69) is 42.5 Å². The SMILES string of the molecule is c1ccc2c(OC3CC4CCC3C4)cccc2c1. The largest absolute Gasteiger partial charge is 0.489 e. The number of ether oxygens (including phenoxy) is 1. The molecular formula is C17H18O. The first-order valence-corrected chi connectivity index (χ1v) is 7.04. The van der Waals surface area contributed by atoms with Gasteiger partial charge in [-0.25, -0.2) is 0 Å². The molecule has 2 aromatic rings. The standard InChI is InChI=1S/C17H18O/c1-2-6-15-13(4-1)5-3-7-16(15)18-17-11-12-8-9-14(17)10-12/h1-7,12,14,17H,8-11H2. The van der Waals surface area contributed by atoms with Gasteiger partial charge in [-0.15, -0.1) is 0 Å². The van der Waals surface area contributed by atoms with Crippen LogP contribution in [0.4, 0.5) is 0 Å². The van der Waals surface area contributed by atoms with Crippen LogP contribution in [0.25, 0.3) is 10.8 Å². The van der Waals surface area contributed by atoms with Crippen molar-refractivity contribution in [2.45, 2.75) is 31.8 Å². The molecule has 1 heteroatoms. The van der Waals surface area contributed by atoms with Crippen molar-refractivity contribution in [2.24, 2.45) is 11.8 Å². The summed E-state index contributed by atoms with van der Waals surface area (Å²) in [6.45, 7) is 0. The minimum absolute atomic E-state index is 0.467. The number of hydrogen-bond acceptors (Lipinski definition) is 1. The first-order valence-electron chi connectivity index (χ1n) is 7.04. The molecule has 2 aromatic carbocycles. The van der Waals surface area contributed by atoms with Crippen molar-refractivity contribution in [3.63, 3.8) is 0 Å². The Kier molecular flexibility index (Phi) is 2.32. The zero-order valence-corrected chi connectivity index (χ0v) is 10.5. The Balaban J connectivity index is 1.67. The van der Waals surface area contributed by atoms with Gasteiger partial charge in [0.1, 0.15) is 11.9 Å². The van der Waals surface area contributed by atoms with Crippen LogP contribution in [-0.2, 0) is 0 Å². The van der Waals surface area contributed by atoms with E-state index in [0.29, 0.717) is 6.10 Å². The van der Waals surface area contributed by atoms with Crippen molar-refractivity contribution in [1.29, 1.82) is 0 Å². The summed E-state index contributed by atoms with van der Waals surface area (Å²) >= 11 is 0. The minimum Gasteiger partial charge on any atom is -0.489 e. The molecule has 0 radical (unpaired) electrons. The number of benzene rings is 2. The molecule has 2 fully saturated rings. The normalized spacial score (nSPS) is 29.9. The highest BCUT2D eigenvalue weighted by Crippen LogP contribution is 2.46. The lowest BCUT2D eigenvalue weighted by atomic mass is 9.97. The van der Waals surface area contributed by atoms with Crippen molar-refractivity contribution >= 4 is 10.8 Å². The monoisotopic (exact) mass is 238 g/mol. The predicted molar refractivity (Wildman–Crippen MR) is 73.8 cm³/mol. The van der Waals surface area contributed by atoms with Gasteiger partial charge in [0, 0.05) is 5.39 Å². The van der Waals surface area contributed by atoms with E-state index in [9.17, 15) is 0 Å². The van der Waals surface area contributed by atoms with E-state index in [1.807, 2.05) is 0 Å². The van der Waals surface area contributed by atoms with E-state index in [1.165, 1.54) is 36.5 Å². The fourth-order valence-corrected chi connectivity index (χ4v) is 3.79. The first kappa shape index (κ1) is 10.4. The van der Waals surface area contributed by atoms with Crippen LogP contribution in [-0.4, -0.2) is 6.10 Å². The van der Waals surface area contributed by atoms with Gasteiger partial charge in [-0.1, -0.05) is 36.4 Å². The average Bonchev–Trinajstić information content (AvgIpc) is 3.01. The maximum atomic E-state index is 6.32. The molecule has 0 aliphatic heterocycles. The summed E-state index contributed by atoms with van der Waals surface area (Å²) in [7, 11) is 0. The topological polar surface area (TPSA) is 9.23 Å². The average molecular weight is 238 g/mol. The lowest BCUT2D eigenvalue weighted by Crippen LogP contribution is -2.23. The summed E-state index contributed by atoms with van der Waals surface area (Å²) in [5.41, 5.74) is 0. The Labute approximate surface area is 108 Å². The molecule has 0 N–H and O–H groups in total. The van der Waals surface area contributed by atoms with Gasteiger partial charge in [-0.3, -0.25) is 0 Å². The van der Waals surface area contributed by atoms with Crippen molar-refractivity contribution in [3.05, 3.63) is 42.5 Å². The molecule has 0 amide bonds. The highest BCUT2D eigenvalue weighted by atomic mass is 16.5. The maximum absolute atomic E-state index is 6.32. The zero-order valence-electron chi connectivity index (χ0n) is 10.5. The fourth-order valence-electron chi connectivity index (χ4n) is 3.79. The third-order valence-corrected chi connectivity index (χ3v) is 4.70. The summed E-state index contributed by atoms with van der Waals surface area (Å²) in [5, 5.41) is 2.53. The lowest BCUT2D eigenvalue weighted by molar-refractivity contribution is 0.140. The predicted octanol–water partition coefficient (Wildman–Crippen LogP) is 4.41. The third kappa shape index (κ3) is 1.61. The Bertz CT molecular complexity index is 569. The van der Waals surface area contributed by atoms with Crippen LogP contribution in [0.3, 0.4) is 0 Å². The zero-order chi connectivity index (χ0) is 11.9. The van der Waals surface area contributed by atoms with Gasteiger partial charge in [0.15, 0.2) is 0 Å². The molecule has 0 saturated heterocycles. The maximum Gasteiger partial charge on any atom is 0.127 e. The van der Waals surface area contributed by atoms with E-state index < -0.39 is 0 Å². The van der Waals surface area contributed by atoms with Gasteiger partial charge in [-0.05, 0) is 49.0 Å². The fraction of sp³-hybridized carbons (Fsp3) is 0.412. The molecule has 18 heavy (non-hydrogen) atoms. The molecule has 3 unspecified atom stereocenters. The molecule has 2 aliphatic rings. The molecule has 2 aliphatic carbocycles.